The average Bonchev–Trinajstić information content (AvgIpc) is 3.30. The number of nitrogens with zero attached hydrogens (tertiary/aromatic N) is 3. The summed E-state index contributed by atoms with van der Waals surface area (Å²) in [6, 6.07) is 72.2. The minimum Gasteiger partial charge on any atom is -0.456 e. The Hall–Kier alpha value is -7.76. The molecule has 274 valence electrons. The normalized spacial score (nSPS) is 14.2. The monoisotopic (exact) mass is 744 g/mol. The molecular weight excluding hydrogens is 709 g/mol. The lowest BCUT2D eigenvalue weighted by Crippen LogP contribution is -2.33. The van der Waals surface area contributed by atoms with Gasteiger partial charge in [0, 0.05) is 44.7 Å². The number of anilines is 3. The molecule has 9 aromatic rings. The number of aliphatic imine (C=N–C) groups is 2. The van der Waals surface area contributed by atoms with Crippen LogP contribution in [0, 0.1) is 0 Å². The van der Waals surface area contributed by atoms with Crippen molar-refractivity contribution in [1.82, 2.24) is 5.32 Å². The van der Waals surface area contributed by atoms with E-state index in [0.717, 1.165) is 89.5 Å². The molecule has 0 saturated heterocycles. The third kappa shape index (κ3) is 5.89. The van der Waals surface area contributed by atoms with Gasteiger partial charge in [0.25, 0.3) is 0 Å². The van der Waals surface area contributed by atoms with Crippen LogP contribution in [0.3, 0.4) is 0 Å². The second-order valence-electron chi connectivity index (χ2n) is 14.6. The molecule has 0 aromatic heterocycles. The van der Waals surface area contributed by atoms with E-state index in [1.165, 1.54) is 5.39 Å². The SMILES string of the molecule is c1ccc(C2=NC(c3cccc4ccccc34)NC(c3ccc4c(c3)-c3cccc5c(-c6ccc(N(c7ccccc7)c7ccccc7)cc6)ccc(c35)O4)=N2)cc1. The van der Waals surface area contributed by atoms with Crippen molar-refractivity contribution in [2.75, 3.05) is 4.90 Å². The zero-order valence-corrected chi connectivity index (χ0v) is 31.5. The molecule has 0 fully saturated rings. The number of para-hydroxylation sites is 2. The number of hydrogen-bond donors (Lipinski definition) is 1. The fourth-order valence-corrected chi connectivity index (χ4v) is 8.38. The molecule has 2 heterocycles. The number of amidine groups is 2. The molecular formula is C53H36N4O. The van der Waals surface area contributed by atoms with Gasteiger partial charge in [-0.25, -0.2) is 9.98 Å². The van der Waals surface area contributed by atoms with E-state index in [1.807, 2.05) is 18.2 Å². The zero-order valence-electron chi connectivity index (χ0n) is 31.5. The van der Waals surface area contributed by atoms with Crippen molar-refractivity contribution in [2.45, 2.75) is 6.17 Å². The molecule has 1 unspecified atom stereocenters. The largest absolute Gasteiger partial charge is 0.456 e. The van der Waals surface area contributed by atoms with Crippen molar-refractivity contribution in [2.24, 2.45) is 9.98 Å². The third-order valence-corrected chi connectivity index (χ3v) is 11.1. The van der Waals surface area contributed by atoms with Gasteiger partial charge in [0.2, 0.25) is 0 Å². The predicted octanol–water partition coefficient (Wildman–Crippen LogP) is 13.4. The maximum absolute atomic E-state index is 6.67. The molecule has 11 rings (SSSR count). The summed E-state index contributed by atoms with van der Waals surface area (Å²) in [6.07, 6.45) is -0.327. The van der Waals surface area contributed by atoms with Crippen LogP contribution in [0.1, 0.15) is 22.9 Å². The van der Waals surface area contributed by atoms with Gasteiger partial charge in [-0.2, -0.15) is 0 Å². The number of benzene rings is 9. The van der Waals surface area contributed by atoms with E-state index in [1.54, 1.807) is 0 Å². The molecule has 5 heteroatoms. The summed E-state index contributed by atoms with van der Waals surface area (Å²) in [5, 5.41) is 8.29. The Kier molecular flexibility index (Phi) is 8.14. The highest BCUT2D eigenvalue weighted by Crippen LogP contribution is 2.49. The summed E-state index contributed by atoms with van der Waals surface area (Å²) in [7, 11) is 0. The van der Waals surface area contributed by atoms with Crippen molar-refractivity contribution in [3.05, 3.63) is 223 Å². The van der Waals surface area contributed by atoms with Crippen LogP contribution >= 0.6 is 0 Å². The molecule has 0 amide bonds. The van der Waals surface area contributed by atoms with E-state index in [0.29, 0.717) is 5.84 Å². The van der Waals surface area contributed by atoms with Crippen LogP contribution in [-0.2, 0) is 0 Å². The van der Waals surface area contributed by atoms with Crippen molar-refractivity contribution in [3.8, 4) is 33.8 Å². The minimum absolute atomic E-state index is 0.327. The predicted molar refractivity (Wildman–Crippen MR) is 239 cm³/mol. The topological polar surface area (TPSA) is 49.2 Å². The molecule has 2 aliphatic rings. The maximum atomic E-state index is 6.67. The first kappa shape index (κ1) is 33.6. The van der Waals surface area contributed by atoms with Crippen LogP contribution in [0.2, 0.25) is 0 Å². The summed E-state index contributed by atoms with van der Waals surface area (Å²) in [4.78, 5) is 12.6. The molecule has 58 heavy (non-hydrogen) atoms. The molecule has 0 spiro atoms. The number of ether oxygens (including phenoxy) is 1. The fraction of sp³-hybridized carbons (Fsp3) is 0.0189. The lowest BCUT2D eigenvalue weighted by Gasteiger charge is -2.26. The quantitative estimate of drug-likeness (QED) is 0.177. The molecule has 2 aliphatic heterocycles. The lowest BCUT2D eigenvalue weighted by molar-refractivity contribution is 0.487. The van der Waals surface area contributed by atoms with Gasteiger partial charge < -0.3 is 15.0 Å². The van der Waals surface area contributed by atoms with Crippen LogP contribution in [0.5, 0.6) is 11.5 Å². The number of hydrogen-bond acceptors (Lipinski definition) is 5. The van der Waals surface area contributed by atoms with E-state index in [2.05, 4.69) is 198 Å². The van der Waals surface area contributed by atoms with Gasteiger partial charge in [-0.3, -0.25) is 0 Å². The Morgan fingerprint density at radius 1 is 0.448 bits per heavy atom. The summed E-state index contributed by atoms with van der Waals surface area (Å²) in [5.74, 6) is 3.14. The Labute approximate surface area is 336 Å². The van der Waals surface area contributed by atoms with Gasteiger partial charge in [0.1, 0.15) is 23.5 Å². The second kappa shape index (κ2) is 14.1. The second-order valence-corrected chi connectivity index (χ2v) is 14.6. The number of fused-ring (bicyclic) bond motifs is 3. The average molecular weight is 745 g/mol. The Morgan fingerprint density at radius 2 is 1.07 bits per heavy atom. The standard InChI is InChI=1S/C53H36N4O/c1-4-15-37(16-5-1)51-54-52(56-53(55-51)46-25-12-17-35-14-10-11-22-42(35)46)38-28-32-48-47(34-38)45-24-13-23-44-43(31-33-49(58-48)50(44)45)36-26-29-41(30-27-36)57(39-18-6-2-7-19-39)40-20-8-3-9-21-40/h1-34,53H,(H,54,55,56). The smallest absolute Gasteiger partial charge is 0.159 e. The van der Waals surface area contributed by atoms with Crippen molar-refractivity contribution < 1.29 is 4.74 Å². The summed E-state index contributed by atoms with van der Waals surface area (Å²) in [5.41, 5.74) is 10.8. The van der Waals surface area contributed by atoms with Crippen molar-refractivity contribution >= 4 is 50.3 Å². The van der Waals surface area contributed by atoms with Gasteiger partial charge in [-0.15, -0.1) is 0 Å². The van der Waals surface area contributed by atoms with Gasteiger partial charge in [-0.1, -0.05) is 146 Å². The van der Waals surface area contributed by atoms with Crippen LogP contribution in [-0.4, -0.2) is 11.7 Å². The van der Waals surface area contributed by atoms with Crippen LogP contribution in [0.25, 0.3) is 43.8 Å². The fourth-order valence-electron chi connectivity index (χ4n) is 8.38. The minimum atomic E-state index is -0.327. The zero-order chi connectivity index (χ0) is 38.4. The van der Waals surface area contributed by atoms with Crippen molar-refractivity contribution in [3.63, 3.8) is 0 Å². The highest BCUT2D eigenvalue weighted by Gasteiger charge is 2.26. The molecule has 0 saturated carbocycles. The van der Waals surface area contributed by atoms with E-state index in [9.17, 15) is 0 Å². The first-order valence-corrected chi connectivity index (χ1v) is 19.6. The van der Waals surface area contributed by atoms with Gasteiger partial charge in [0.05, 0.1) is 0 Å². The Morgan fingerprint density at radius 3 is 1.84 bits per heavy atom. The molecule has 0 radical (unpaired) electrons. The molecule has 1 atom stereocenters. The molecule has 0 bridgehead atoms. The van der Waals surface area contributed by atoms with E-state index in [-0.39, 0.29) is 6.17 Å². The van der Waals surface area contributed by atoms with Crippen LogP contribution in [0.15, 0.2) is 216 Å². The van der Waals surface area contributed by atoms with E-state index in [4.69, 9.17) is 14.7 Å². The molecule has 5 nitrogen and oxygen atoms in total. The van der Waals surface area contributed by atoms with E-state index < -0.39 is 0 Å². The summed E-state index contributed by atoms with van der Waals surface area (Å²) in [6.45, 7) is 0. The molecule has 0 aliphatic carbocycles. The first-order valence-electron chi connectivity index (χ1n) is 19.6. The summed E-state index contributed by atoms with van der Waals surface area (Å²) < 4.78 is 6.67. The maximum Gasteiger partial charge on any atom is 0.159 e. The summed E-state index contributed by atoms with van der Waals surface area (Å²) >= 11 is 0. The molecule has 1 N–H and O–H groups in total. The third-order valence-electron chi connectivity index (χ3n) is 11.1. The van der Waals surface area contributed by atoms with Crippen LogP contribution < -0.4 is 15.0 Å². The number of rotatable bonds is 7. The Balaban J connectivity index is 0.978. The Bertz CT molecular complexity index is 3010. The molecule has 9 aromatic carbocycles. The van der Waals surface area contributed by atoms with Gasteiger partial charge in [0.15, 0.2) is 5.84 Å². The van der Waals surface area contributed by atoms with Gasteiger partial charge >= 0.3 is 0 Å². The lowest BCUT2D eigenvalue weighted by atomic mass is 9.89. The van der Waals surface area contributed by atoms with Crippen LogP contribution in [0.4, 0.5) is 17.1 Å². The highest BCUT2D eigenvalue weighted by atomic mass is 16.5. The van der Waals surface area contributed by atoms with Gasteiger partial charge in [-0.05, 0) is 93.5 Å². The number of nitrogens with one attached hydrogen (secondary N) is 1. The van der Waals surface area contributed by atoms with Crippen molar-refractivity contribution in [1.29, 1.82) is 0 Å². The first-order chi connectivity index (χ1) is 28.7. The van der Waals surface area contributed by atoms with E-state index >= 15 is 0 Å². The highest BCUT2D eigenvalue weighted by molar-refractivity contribution is 6.15.